The first kappa shape index (κ1) is 16.2. The Morgan fingerprint density at radius 3 is 2.70 bits per heavy atom. The van der Waals surface area contributed by atoms with E-state index in [1.54, 1.807) is 11.9 Å². The predicted molar refractivity (Wildman–Crippen MR) is 80.1 cm³/mol. The van der Waals surface area contributed by atoms with Crippen molar-refractivity contribution >= 4 is 17.5 Å². The highest BCUT2D eigenvalue weighted by atomic mass is 16.2. The van der Waals surface area contributed by atoms with Crippen LogP contribution in [0.15, 0.2) is 24.3 Å². The molecule has 0 aromatic heterocycles. The van der Waals surface area contributed by atoms with Crippen molar-refractivity contribution in [2.75, 3.05) is 12.4 Å². The molecule has 2 amide bonds. The first-order valence-electron chi connectivity index (χ1n) is 6.81. The van der Waals surface area contributed by atoms with E-state index in [4.69, 9.17) is 5.73 Å². The maximum absolute atomic E-state index is 11.8. The predicted octanol–water partition coefficient (Wildman–Crippen LogP) is 1.73. The van der Waals surface area contributed by atoms with Gasteiger partial charge in [-0.05, 0) is 24.1 Å². The van der Waals surface area contributed by atoms with Crippen LogP contribution in [0.4, 0.5) is 5.69 Å². The number of hydrogen-bond acceptors (Lipinski definition) is 3. The zero-order valence-corrected chi connectivity index (χ0v) is 12.3. The molecule has 5 nitrogen and oxygen atoms in total. The summed E-state index contributed by atoms with van der Waals surface area (Å²) in [6.45, 7) is 4.03. The maximum Gasteiger partial charge on any atom is 0.241 e. The van der Waals surface area contributed by atoms with Gasteiger partial charge in [-0.2, -0.15) is 0 Å². The molecule has 5 heteroatoms. The van der Waals surface area contributed by atoms with Crippen molar-refractivity contribution in [1.82, 2.24) is 4.90 Å². The lowest BCUT2D eigenvalue weighted by molar-refractivity contribution is -0.128. The number of rotatable bonds is 6. The fourth-order valence-corrected chi connectivity index (χ4v) is 1.81. The van der Waals surface area contributed by atoms with Gasteiger partial charge in [0.15, 0.2) is 0 Å². The number of benzene rings is 1. The summed E-state index contributed by atoms with van der Waals surface area (Å²) in [5, 5.41) is 2.80. The Balaban J connectivity index is 2.68. The summed E-state index contributed by atoms with van der Waals surface area (Å²) in [6, 6.07) is 6.96. The molecule has 0 heterocycles. The van der Waals surface area contributed by atoms with Crippen LogP contribution in [0.25, 0.3) is 0 Å². The lowest BCUT2D eigenvalue weighted by Crippen LogP contribution is -2.35. The molecule has 0 spiro atoms. The van der Waals surface area contributed by atoms with E-state index in [1.165, 1.54) is 6.92 Å². The Hall–Kier alpha value is -1.88. The number of carbonyl (C=O) groups excluding carboxylic acids is 2. The lowest BCUT2D eigenvalue weighted by Gasteiger charge is -2.16. The van der Waals surface area contributed by atoms with Gasteiger partial charge in [-0.15, -0.1) is 0 Å². The Morgan fingerprint density at radius 2 is 2.10 bits per heavy atom. The third kappa shape index (κ3) is 5.01. The van der Waals surface area contributed by atoms with Gasteiger partial charge < -0.3 is 16.0 Å². The molecule has 0 bridgehead atoms. The summed E-state index contributed by atoms with van der Waals surface area (Å²) in [7, 11) is 1.74. The normalized spacial score (nSPS) is 11.8. The van der Waals surface area contributed by atoms with E-state index in [-0.39, 0.29) is 11.8 Å². The molecule has 20 heavy (non-hydrogen) atoms. The highest BCUT2D eigenvalue weighted by Gasteiger charge is 2.12. The molecule has 0 aliphatic rings. The molecular formula is C15H23N3O2. The van der Waals surface area contributed by atoms with Gasteiger partial charge in [0.2, 0.25) is 11.8 Å². The minimum Gasteiger partial charge on any atom is -0.342 e. The molecule has 0 saturated heterocycles. The molecule has 1 rings (SSSR count). The van der Waals surface area contributed by atoms with Crippen LogP contribution in [0, 0.1) is 0 Å². The van der Waals surface area contributed by atoms with Crippen molar-refractivity contribution in [2.24, 2.45) is 5.73 Å². The van der Waals surface area contributed by atoms with Gasteiger partial charge in [0.05, 0.1) is 6.04 Å². The number of nitrogens with two attached hydrogens (primary N) is 1. The molecule has 1 aromatic carbocycles. The largest absolute Gasteiger partial charge is 0.342 e. The van der Waals surface area contributed by atoms with Gasteiger partial charge in [0.1, 0.15) is 0 Å². The Kier molecular flexibility index (Phi) is 6.18. The van der Waals surface area contributed by atoms with E-state index in [2.05, 4.69) is 5.32 Å². The molecule has 110 valence electrons. The van der Waals surface area contributed by atoms with E-state index in [9.17, 15) is 9.59 Å². The van der Waals surface area contributed by atoms with Gasteiger partial charge in [-0.3, -0.25) is 9.59 Å². The zero-order valence-electron chi connectivity index (χ0n) is 12.3. The van der Waals surface area contributed by atoms with E-state index >= 15 is 0 Å². The molecule has 1 atom stereocenters. The molecule has 0 unspecified atom stereocenters. The summed E-state index contributed by atoms with van der Waals surface area (Å²) in [5.74, 6) is -0.173. The molecule has 0 fully saturated rings. The summed E-state index contributed by atoms with van der Waals surface area (Å²) in [4.78, 5) is 24.7. The molecule has 0 radical (unpaired) electrons. The second-order valence-corrected chi connectivity index (χ2v) is 4.96. The number of amides is 2. The fourth-order valence-electron chi connectivity index (χ4n) is 1.81. The van der Waals surface area contributed by atoms with Gasteiger partial charge in [-0.1, -0.05) is 25.5 Å². The minimum absolute atomic E-state index is 0.00408. The number of nitrogens with zero attached hydrogens (tertiary/aromatic N) is 1. The Labute approximate surface area is 120 Å². The average molecular weight is 277 g/mol. The lowest BCUT2D eigenvalue weighted by atomic mass is 10.1. The molecule has 1 aromatic rings. The zero-order chi connectivity index (χ0) is 15.1. The van der Waals surface area contributed by atoms with Crippen LogP contribution in [0.2, 0.25) is 0 Å². The summed E-state index contributed by atoms with van der Waals surface area (Å²) >= 11 is 0. The number of carbonyl (C=O) groups is 2. The molecule has 0 aliphatic heterocycles. The average Bonchev–Trinajstić information content (AvgIpc) is 2.39. The van der Waals surface area contributed by atoms with Crippen LogP contribution >= 0.6 is 0 Å². The van der Waals surface area contributed by atoms with Crippen molar-refractivity contribution in [3.8, 4) is 0 Å². The van der Waals surface area contributed by atoms with Crippen LogP contribution in [-0.2, 0) is 16.1 Å². The topological polar surface area (TPSA) is 75.4 Å². The second kappa shape index (κ2) is 7.65. The Morgan fingerprint density at radius 1 is 1.40 bits per heavy atom. The quantitative estimate of drug-likeness (QED) is 0.831. The van der Waals surface area contributed by atoms with Crippen LogP contribution in [0.3, 0.4) is 0 Å². The Bertz CT molecular complexity index is 474. The van der Waals surface area contributed by atoms with E-state index < -0.39 is 6.04 Å². The molecule has 0 saturated carbocycles. The number of anilines is 1. The smallest absolute Gasteiger partial charge is 0.241 e. The first-order valence-corrected chi connectivity index (χ1v) is 6.81. The van der Waals surface area contributed by atoms with Gasteiger partial charge in [0, 0.05) is 26.2 Å². The third-order valence-electron chi connectivity index (χ3n) is 3.09. The van der Waals surface area contributed by atoms with Crippen molar-refractivity contribution in [2.45, 2.75) is 39.3 Å². The van der Waals surface area contributed by atoms with Crippen LogP contribution in [0.5, 0.6) is 0 Å². The highest BCUT2D eigenvalue weighted by Crippen LogP contribution is 2.13. The van der Waals surface area contributed by atoms with E-state index in [1.807, 2.05) is 31.2 Å². The summed E-state index contributed by atoms with van der Waals surface area (Å²) < 4.78 is 0. The third-order valence-corrected chi connectivity index (χ3v) is 3.09. The number of hydrogen-bond donors (Lipinski definition) is 2. The van der Waals surface area contributed by atoms with Crippen LogP contribution < -0.4 is 11.1 Å². The van der Waals surface area contributed by atoms with Crippen LogP contribution in [0.1, 0.15) is 32.3 Å². The molecule has 3 N–H and O–H groups in total. The maximum atomic E-state index is 11.8. The van der Waals surface area contributed by atoms with Gasteiger partial charge in [0.25, 0.3) is 0 Å². The standard InChI is InChI=1S/C15H23N3O2/c1-4-6-14(16)15(20)17-13-8-5-7-12(9-13)10-18(3)11(2)19/h5,7-9,14H,4,6,10,16H2,1-3H3,(H,17,20)/t14-/m1/s1. The SMILES string of the molecule is CCC[C@@H](N)C(=O)Nc1cccc(CN(C)C(C)=O)c1. The monoisotopic (exact) mass is 277 g/mol. The first-order chi connectivity index (χ1) is 9.43. The summed E-state index contributed by atoms with van der Waals surface area (Å²) in [5.41, 5.74) is 7.44. The highest BCUT2D eigenvalue weighted by molar-refractivity contribution is 5.94. The minimum atomic E-state index is -0.483. The fraction of sp³-hybridized carbons (Fsp3) is 0.467. The van der Waals surface area contributed by atoms with Gasteiger partial charge in [-0.25, -0.2) is 0 Å². The van der Waals surface area contributed by atoms with Gasteiger partial charge >= 0.3 is 0 Å². The van der Waals surface area contributed by atoms with Crippen molar-refractivity contribution < 1.29 is 9.59 Å². The molecular weight excluding hydrogens is 254 g/mol. The van der Waals surface area contributed by atoms with Crippen LogP contribution in [-0.4, -0.2) is 29.8 Å². The summed E-state index contributed by atoms with van der Waals surface area (Å²) in [6.07, 6.45) is 1.54. The van der Waals surface area contributed by atoms with Crippen molar-refractivity contribution in [3.05, 3.63) is 29.8 Å². The number of nitrogens with one attached hydrogen (secondary N) is 1. The van der Waals surface area contributed by atoms with Crippen molar-refractivity contribution in [1.29, 1.82) is 0 Å². The van der Waals surface area contributed by atoms with Crippen molar-refractivity contribution in [3.63, 3.8) is 0 Å². The molecule has 0 aliphatic carbocycles. The van der Waals surface area contributed by atoms with E-state index in [0.29, 0.717) is 18.7 Å². The second-order valence-electron chi connectivity index (χ2n) is 4.96. The van der Waals surface area contributed by atoms with E-state index in [0.717, 1.165) is 12.0 Å².